The van der Waals surface area contributed by atoms with Crippen molar-refractivity contribution >= 4 is 45.8 Å². The van der Waals surface area contributed by atoms with Crippen LogP contribution in [0.2, 0.25) is 5.02 Å². The number of amides is 1. The zero-order valence-electron chi connectivity index (χ0n) is 9.15. The van der Waals surface area contributed by atoms with Gasteiger partial charge in [-0.2, -0.15) is 0 Å². The fraction of sp³-hybridized carbons (Fsp3) is 0.417. The van der Waals surface area contributed by atoms with Crippen molar-refractivity contribution in [3.05, 3.63) is 26.3 Å². The van der Waals surface area contributed by atoms with Crippen LogP contribution in [0.5, 0.6) is 0 Å². The van der Waals surface area contributed by atoms with Gasteiger partial charge in [0, 0.05) is 8.59 Å². The Hall–Kier alpha value is -0.330. The standard InChI is InChI=1S/C12H12ClIN2O/c13-7-5-8-10(9(14)6-7)16-11(17)12(8)1-3-15-4-2-12/h5-6,15H,1-4H2,(H,16,17). The van der Waals surface area contributed by atoms with Crippen LogP contribution in [-0.2, 0) is 10.2 Å². The van der Waals surface area contributed by atoms with Crippen molar-refractivity contribution in [3.8, 4) is 0 Å². The average molecular weight is 363 g/mol. The zero-order valence-corrected chi connectivity index (χ0v) is 12.1. The topological polar surface area (TPSA) is 41.1 Å². The Labute approximate surface area is 118 Å². The molecule has 0 saturated carbocycles. The van der Waals surface area contributed by atoms with Gasteiger partial charge < -0.3 is 10.6 Å². The van der Waals surface area contributed by atoms with E-state index >= 15 is 0 Å². The van der Waals surface area contributed by atoms with Gasteiger partial charge in [-0.3, -0.25) is 4.79 Å². The van der Waals surface area contributed by atoms with Gasteiger partial charge >= 0.3 is 0 Å². The summed E-state index contributed by atoms with van der Waals surface area (Å²) in [5.41, 5.74) is 1.69. The molecule has 2 aliphatic rings. The number of nitrogens with one attached hydrogen (secondary N) is 2. The van der Waals surface area contributed by atoms with Crippen LogP contribution in [-0.4, -0.2) is 19.0 Å². The lowest BCUT2D eigenvalue weighted by Gasteiger charge is -2.32. The number of carbonyl (C=O) groups is 1. The minimum Gasteiger partial charge on any atom is -0.324 e. The molecule has 2 aliphatic heterocycles. The predicted molar refractivity (Wildman–Crippen MR) is 76.6 cm³/mol. The van der Waals surface area contributed by atoms with Gasteiger partial charge in [0.2, 0.25) is 5.91 Å². The van der Waals surface area contributed by atoms with Gasteiger partial charge in [0.15, 0.2) is 0 Å². The second kappa shape index (κ2) is 4.10. The molecule has 2 heterocycles. The molecule has 1 amide bonds. The van der Waals surface area contributed by atoms with Crippen LogP contribution >= 0.6 is 34.2 Å². The summed E-state index contributed by atoms with van der Waals surface area (Å²) in [6.07, 6.45) is 1.70. The number of carbonyl (C=O) groups excluding carboxylic acids is 1. The Morgan fingerprint density at radius 2 is 2.00 bits per heavy atom. The van der Waals surface area contributed by atoms with E-state index in [1.165, 1.54) is 0 Å². The molecular weight excluding hydrogens is 351 g/mol. The van der Waals surface area contributed by atoms with Crippen molar-refractivity contribution in [2.24, 2.45) is 0 Å². The number of hydrogen-bond donors (Lipinski definition) is 2. The molecule has 3 rings (SSSR count). The van der Waals surface area contributed by atoms with Gasteiger partial charge in [-0.1, -0.05) is 11.6 Å². The van der Waals surface area contributed by atoms with E-state index in [1.54, 1.807) is 0 Å². The highest BCUT2D eigenvalue weighted by Crippen LogP contribution is 2.46. The summed E-state index contributed by atoms with van der Waals surface area (Å²) in [7, 11) is 0. The summed E-state index contributed by atoms with van der Waals surface area (Å²) in [5, 5.41) is 7.03. The van der Waals surface area contributed by atoms with E-state index in [9.17, 15) is 4.79 Å². The van der Waals surface area contributed by atoms with Gasteiger partial charge in [0.25, 0.3) is 0 Å². The van der Waals surface area contributed by atoms with Crippen molar-refractivity contribution in [1.82, 2.24) is 5.32 Å². The third-order valence-electron chi connectivity index (χ3n) is 3.70. The van der Waals surface area contributed by atoms with Crippen LogP contribution in [0.1, 0.15) is 18.4 Å². The highest BCUT2D eigenvalue weighted by molar-refractivity contribution is 14.1. The maximum Gasteiger partial charge on any atom is 0.235 e. The van der Waals surface area contributed by atoms with Crippen molar-refractivity contribution in [3.63, 3.8) is 0 Å². The maximum atomic E-state index is 12.3. The van der Waals surface area contributed by atoms with Gasteiger partial charge in [0.1, 0.15) is 0 Å². The molecule has 0 aromatic heterocycles. The van der Waals surface area contributed by atoms with E-state index in [0.717, 1.165) is 40.8 Å². The van der Waals surface area contributed by atoms with Crippen LogP contribution in [0, 0.1) is 3.57 Å². The Bertz CT molecular complexity index is 498. The monoisotopic (exact) mass is 362 g/mol. The van der Waals surface area contributed by atoms with Crippen LogP contribution in [0.15, 0.2) is 12.1 Å². The Morgan fingerprint density at radius 3 is 2.71 bits per heavy atom. The summed E-state index contributed by atoms with van der Waals surface area (Å²) in [6, 6.07) is 3.84. The number of fused-ring (bicyclic) bond motifs is 2. The summed E-state index contributed by atoms with van der Waals surface area (Å²) in [6.45, 7) is 1.77. The number of benzene rings is 1. The molecule has 1 spiro atoms. The number of rotatable bonds is 0. The van der Waals surface area contributed by atoms with E-state index < -0.39 is 0 Å². The third kappa shape index (κ3) is 1.69. The van der Waals surface area contributed by atoms with Crippen LogP contribution in [0.4, 0.5) is 5.69 Å². The molecule has 2 N–H and O–H groups in total. The summed E-state index contributed by atoms with van der Waals surface area (Å²) >= 11 is 8.35. The molecular formula is C12H12ClIN2O. The zero-order chi connectivity index (χ0) is 12.0. The molecule has 1 saturated heterocycles. The van der Waals surface area contributed by atoms with Gasteiger partial charge in [-0.05, 0) is 66.2 Å². The fourth-order valence-corrected chi connectivity index (χ4v) is 3.95. The largest absolute Gasteiger partial charge is 0.324 e. The molecule has 0 atom stereocenters. The van der Waals surface area contributed by atoms with Crippen molar-refractivity contribution in [2.75, 3.05) is 18.4 Å². The Morgan fingerprint density at radius 1 is 1.29 bits per heavy atom. The number of anilines is 1. The van der Waals surface area contributed by atoms with Crippen molar-refractivity contribution in [1.29, 1.82) is 0 Å². The van der Waals surface area contributed by atoms with E-state index in [2.05, 4.69) is 33.2 Å². The molecule has 1 aromatic carbocycles. The molecule has 0 unspecified atom stereocenters. The second-order valence-electron chi connectivity index (χ2n) is 4.60. The lowest BCUT2D eigenvalue weighted by Crippen LogP contribution is -2.44. The fourth-order valence-electron chi connectivity index (χ4n) is 2.78. The van der Waals surface area contributed by atoms with E-state index in [1.807, 2.05) is 12.1 Å². The van der Waals surface area contributed by atoms with Gasteiger partial charge in [0.05, 0.1) is 11.1 Å². The molecule has 17 heavy (non-hydrogen) atoms. The van der Waals surface area contributed by atoms with Crippen LogP contribution in [0.25, 0.3) is 0 Å². The first-order valence-corrected chi connectivity index (χ1v) is 7.11. The normalized spacial score (nSPS) is 21.4. The molecule has 5 heteroatoms. The number of hydrogen-bond acceptors (Lipinski definition) is 2. The summed E-state index contributed by atoms with van der Waals surface area (Å²) in [5.74, 6) is 0.134. The minimum absolute atomic E-state index is 0.134. The number of piperidine rings is 1. The lowest BCUT2D eigenvalue weighted by molar-refractivity contribution is -0.121. The lowest BCUT2D eigenvalue weighted by atomic mass is 9.74. The Kier molecular flexibility index (Phi) is 2.83. The van der Waals surface area contributed by atoms with Crippen LogP contribution in [0.3, 0.4) is 0 Å². The first-order valence-electron chi connectivity index (χ1n) is 5.65. The molecule has 1 aromatic rings. The molecule has 90 valence electrons. The third-order valence-corrected chi connectivity index (χ3v) is 4.77. The quantitative estimate of drug-likeness (QED) is 0.696. The molecule has 0 radical (unpaired) electrons. The highest BCUT2D eigenvalue weighted by atomic mass is 127. The van der Waals surface area contributed by atoms with Gasteiger partial charge in [-0.15, -0.1) is 0 Å². The molecule has 1 fully saturated rings. The maximum absolute atomic E-state index is 12.3. The molecule has 0 bridgehead atoms. The smallest absolute Gasteiger partial charge is 0.235 e. The van der Waals surface area contributed by atoms with E-state index in [-0.39, 0.29) is 11.3 Å². The molecule has 3 nitrogen and oxygen atoms in total. The first-order chi connectivity index (χ1) is 8.13. The number of halogens is 2. The SMILES string of the molecule is O=C1Nc2c(I)cc(Cl)cc2C12CCNCC2. The summed E-state index contributed by atoms with van der Waals surface area (Å²) in [4.78, 5) is 12.3. The Balaban J connectivity index is 2.18. The van der Waals surface area contributed by atoms with Gasteiger partial charge in [-0.25, -0.2) is 0 Å². The van der Waals surface area contributed by atoms with E-state index in [4.69, 9.17) is 11.6 Å². The minimum atomic E-state index is -0.356. The van der Waals surface area contributed by atoms with Crippen molar-refractivity contribution in [2.45, 2.75) is 18.3 Å². The molecule has 0 aliphatic carbocycles. The first kappa shape index (κ1) is 11.7. The van der Waals surface area contributed by atoms with E-state index in [0.29, 0.717) is 5.02 Å². The van der Waals surface area contributed by atoms with Crippen molar-refractivity contribution < 1.29 is 4.79 Å². The summed E-state index contributed by atoms with van der Waals surface area (Å²) < 4.78 is 1.02. The second-order valence-corrected chi connectivity index (χ2v) is 6.20. The highest BCUT2D eigenvalue weighted by Gasteiger charge is 2.47. The average Bonchev–Trinajstić information content (AvgIpc) is 2.56. The predicted octanol–water partition coefficient (Wildman–Crippen LogP) is 2.52. The van der Waals surface area contributed by atoms with Crippen LogP contribution < -0.4 is 10.6 Å².